The SMILES string of the molecule is CSc1nsc(NCC(=O)c2cccc(S(=O)(=O)N3CCCCCC3)c2)n1. The van der Waals surface area contributed by atoms with Crippen LogP contribution in [0.5, 0.6) is 0 Å². The lowest BCUT2D eigenvalue weighted by atomic mass is 10.1. The Labute approximate surface area is 167 Å². The molecule has 146 valence electrons. The zero-order chi connectivity index (χ0) is 19.3. The van der Waals surface area contributed by atoms with E-state index in [-0.39, 0.29) is 17.2 Å². The van der Waals surface area contributed by atoms with Crippen molar-refractivity contribution in [3.63, 3.8) is 0 Å². The predicted octanol–water partition coefficient (Wildman–Crippen LogP) is 3.12. The Hall–Kier alpha value is -1.49. The summed E-state index contributed by atoms with van der Waals surface area (Å²) in [5, 5.41) is 4.17. The van der Waals surface area contributed by atoms with Gasteiger partial charge in [0.05, 0.1) is 11.4 Å². The number of nitrogens with zero attached hydrogens (tertiary/aromatic N) is 3. The van der Waals surface area contributed by atoms with Gasteiger partial charge in [0.25, 0.3) is 0 Å². The van der Waals surface area contributed by atoms with Gasteiger partial charge in [-0.15, -0.1) is 0 Å². The molecule has 1 aromatic heterocycles. The van der Waals surface area contributed by atoms with Crippen LogP contribution in [0.2, 0.25) is 0 Å². The summed E-state index contributed by atoms with van der Waals surface area (Å²) in [7, 11) is -3.57. The third-order valence-corrected chi connectivity index (χ3v) is 7.58. The van der Waals surface area contributed by atoms with Gasteiger partial charge < -0.3 is 5.32 Å². The van der Waals surface area contributed by atoms with Crippen LogP contribution < -0.4 is 5.32 Å². The third kappa shape index (κ3) is 5.07. The number of nitrogens with one attached hydrogen (secondary N) is 1. The molecule has 1 aliphatic rings. The van der Waals surface area contributed by atoms with Gasteiger partial charge in [0.15, 0.2) is 5.78 Å². The van der Waals surface area contributed by atoms with Gasteiger partial charge in [-0.2, -0.15) is 13.7 Å². The second kappa shape index (κ2) is 9.13. The first-order valence-electron chi connectivity index (χ1n) is 8.75. The summed E-state index contributed by atoms with van der Waals surface area (Å²) in [6, 6.07) is 6.28. The van der Waals surface area contributed by atoms with Crippen molar-refractivity contribution in [2.24, 2.45) is 0 Å². The minimum atomic E-state index is -3.57. The fourth-order valence-electron chi connectivity index (χ4n) is 2.88. The molecule has 3 rings (SSSR count). The molecule has 0 amide bonds. The summed E-state index contributed by atoms with van der Waals surface area (Å²) >= 11 is 2.62. The fraction of sp³-hybridized carbons (Fsp3) is 0.471. The van der Waals surface area contributed by atoms with Crippen LogP contribution in [-0.4, -0.2) is 53.8 Å². The second-order valence-electron chi connectivity index (χ2n) is 6.21. The summed E-state index contributed by atoms with van der Waals surface area (Å²) in [4.78, 5) is 16.9. The molecule has 0 atom stereocenters. The van der Waals surface area contributed by atoms with Gasteiger partial charge in [-0.3, -0.25) is 4.79 Å². The van der Waals surface area contributed by atoms with Crippen molar-refractivity contribution in [1.82, 2.24) is 13.7 Å². The summed E-state index contributed by atoms with van der Waals surface area (Å²) in [5.41, 5.74) is 0.369. The maximum Gasteiger partial charge on any atom is 0.243 e. The topological polar surface area (TPSA) is 92.3 Å². The van der Waals surface area contributed by atoms with Crippen LogP contribution in [-0.2, 0) is 10.0 Å². The fourth-order valence-corrected chi connectivity index (χ4v) is 5.57. The molecule has 0 radical (unpaired) electrons. The van der Waals surface area contributed by atoms with E-state index < -0.39 is 10.0 Å². The van der Waals surface area contributed by atoms with E-state index in [1.807, 2.05) is 6.26 Å². The number of hydrogen-bond donors (Lipinski definition) is 1. The Bertz CT molecular complexity index is 890. The number of thioether (sulfide) groups is 1. The van der Waals surface area contributed by atoms with Gasteiger partial charge in [-0.05, 0) is 31.2 Å². The maximum atomic E-state index is 12.9. The highest BCUT2D eigenvalue weighted by molar-refractivity contribution is 7.98. The van der Waals surface area contributed by atoms with Crippen LogP contribution in [0.1, 0.15) is 36.0 Å². The van der Waals surface area contributed by atoms with E-state index in [9.17, 15) is 13.2 Å². The van der Waals surface area contributed by atoms with Crippen LogP contribution in [0.3, 0.4) is 0 Å². The maximum absolute atomic E-state index is 12.9. The van der Waals surface area contributed by atoms with Crippen molar-refractivity contribution in [2.45, 2.75) is 35.7 Å². The first-order chi connectivity index (χ1) is 13.0. The van der Waals surface area contributed by atoms with Gasteiger partial charge in [-0.25, -0.2) is 8.42 Å². The molecule has 2 heterocycles. The van der Waals surface area contributed by atoms with Crippen LogP contribution in [0.25, 0.3) is 0 Å². The van der Waals surface area contributed by atoms with Gasteiger partial charge in [0.2, 0.25) is 20.3 Å². The van der Waals surface area contributed by atoms with Gasteiger partial charge in [0.1, 0.15) is 0 Å². The molecule has 1 saturated heterocycles. The quantitative estimate of drug-likeness (QED) is 0.537. The molecule has 0 saturated carbocycles. The summed E-state index contributed by atoms with van der Waals surface area (Å²) < 4.78 is 31.5. The molecule has 0 aliphatic carbocycles. The zero-order valence-corrected chi connectivity index (χ0v) is 17.5. The minimum absolute atomic E-state index is 0.0379. The lowest BCUT2D eigenvalue weighted by Gasteiger charge is -2.20. The number of aromatic nitrogens is 2. The van der Waals surface area contributed by atoms with Crippen molar-refractivity contribution < 1.29 is 13.2 Å². The summed E-state index contributed by atoms with van der Waals surface area (Å²) in [6.45, 7) is 1.12. The van der Waals surface area contributed by atoms with E-state index in [0.29, 0.717) is 28.9 Å². The second-order valence-corrected chi connectivity index (χ2v) is 9.67. The molecule has 0 spiro atoms. The van der Waals surface area contributed by atoms with E-state index in [2.05, 4.69) is 14.7 Å². The molecule has 27 heavy (non-hydrogen) atoms. The number of ketones is 1. The molecule has 1 aliphatic heterocycles. The summed E-state index contributed by atoms with van der Waals surface area (Å²) in [5.74, 6) is -0.191. The molecule has 1 aromatic carbocycles. The molecular formula is C17H22N4O3S3. The van der Waals surface area contributed by atoms with E-state index in [4.69, 9.17) is 0 Å². The molecule has 0 bridgehead atoms. The molecule has 1 N–H and O–H groups in total. The molecule has 1 fully saturated rings. The number of anilines is 1. The van der Waals surface area contributed by atoms with E-state index in [1.54, 1.807) is 18.2 Å². The van der Waals surface area contributed by atoms with Crippen LogP contribution in [0.15, 0.2) is 34.3 Å². The number of benzene rings is 1. The number of carbonyl (C=O) groups is 1. The number of hydrogen-bond acceptors (Lipinski definition) is 8. The first-order valence-corrected chi connectivity index (χ1v) is 12.2. The zero-order valence-electron chi connectivity index (χ0n) is 15.1. The lowest BCUT2D eigenvalue weighted by molar-refractivity contribution is 0.101. The Morgan fingerprint density at radius 3 is 2.67 bits per heavy atom. The van der Waals surface area contributed by atoms with Crippen molar-refractivity contribution in [1.29, 1.82) is 0 Å². The van der Waals surface area contributed by atoms with Crippen LogP contribution in [0, 0.1) is 0 Å². The molecule has 7 nitrogen and oxygen atoms in total. The predicted molar refractivity (Wildman–Crippen MR) is 108 cm³/mol. The van der Waals surface area contributed by atoms with Crippen molar-refractivity contribution >= 4 is 44.2 Å². The monoisotopic (exact) mass is 426 g/mol. The largest absolute Gasteiger partial charge is 0.353 e. The van der Waals surface area contributed by atoms with E-state index in [1.165, 1.54) is 33.7 Å². The van der Waals surface area contributed by atoms with Crippen LogP contribution >= 0.6 is 23.3 Å². The van der Waals surface area contributed by atoms with Crippen molar-refractivity contribution in [3.8, 4) is 0 Å². The smallest absolute Gasteiger partial charge is 0.243 e. The van der Waals surface area contributed by atoms with Gasteiger partial charge in [-0.1, -0.05) is 36.7 Å². The Morgan fingerprint density at radius 2 is 2.00 bits per heavy atom. The Kier molecular flexibility index (Phi) is 6.85. The molecule has 10 heteroatoms. The van der Waals surface area contributed by atoms with Gasteiger partial charge in [0, 0.05) is 30.2 Å². The van der Waals surface area contributed by atoms with Crippen LogP contribution in [0.4, 0.5) is 5.13 Å². The Balaban J connectivity index is 1.71. The number of rotatable bonds is 7. The van der Waals surface area contributed by atoms with E-state index >= 15 is 0 Å². The molecule has 2 aromatic rings. The summed E-state index contributed by atoms with van der Waals surface area (Å²) in [6.07, 6.45) is 5.75. The number of carbonyl (C=O) groups excluding carboxylic acids is 1. The highest BCUT2D eigenvalue weighted by Gasteiger charge is 2.25. The molecular weight excluding hydrogens is 404 g/mol. The highest BCUT2D eigenvalue weighted by Crippen LogP contribution is 2.22. The van der Waals surface area contributed by atoms with E-state index in [0.717, 1.165) is 25.7 Å². The minimum Gasteiger partial charge on any atom is -0.353 e. The normalized spacial score (nSPS) is 16.0. The standard InChI is InChI=1S/C17H22N4O3S3/c1-25-17-19-16(26-20-17)18-12-15(22)13-7-6-8-14(11-13)27(23,24)21-9-4-2-3-5-10-21/h6-8,11H,2-5,9-10,12H2,1H3,(H,18,19,20). The van der Waals surface area contributed by atoms with Crippen molar-refractivity contribution in [3.05, 3.63) is 29.8 Å². The Morgan fingerprint density at radius 1 is 1.26 bits per heavy atom. The van der Waals surface area contributed by atoms with Gasteiger partial charge >= 0.3 is 0 Å². The number of Topliss-reactive ketones (excluding diaryl/α,β-unsaturated/α-hetero) is 1. The third-order valence-electron chi connectivity index (χ3n) is 4.35. The first kappa shape index (κ1) is 20.2. The van der Waals surface area contributed by atoms with Crippen molar-refractivity contribution in [2.75, 3.05) is 31.2 Å². The highest BCUT2D eigenvalue weighted by atomic mass is 32.2. The number of sulfonamides is 1. The lowest BCUT2D eigenvalue weighted by Crippen LogP contribution is -2.32. The average Bonchev–Trinajstić information content (AvgIpc) is 2.96. The average molecular weight is 427 g/mol. The molecule has 0 unspecified atom stereocenters.